The van der Waals surface area contributed by atoms with E-state index in [1.165, 1.54) is 4.90 Å². The Morgan fingerprint density at radius 1 is 1.42 bits per heavy atom. The van der Waals surface area contributed by atoms with Gasteiger partial charge >= 0.3 is 12.1 Å². The fourth-order valence-electron chi connectivity index (χ4n) is 2.63. The molecule has 1 unspecified atom stereocenters. The third-order valence-corrected chi connectivity index (χ3v) is 3.76. The molecule has 0 radical (unpaired) electrons. The van der Waals surface area contributed by atoms with Crippen LogP contribution in [0.25, 0.3) is 0 Å². The Hall–Kier alpha value is -0.780. The SMILES string of the molecule is CCCCC(CCN1CCC[C@@H]1C(F)(F)F)C(=O)O. The fraction of sp³-hybridized carbons (Fsp3) is 0.923. The minimum atomic E-state index is -4.20. The average molecular weight is 281 g/mol. The van der Waals surface area contributed by atoms with Crippen LogP contribution in [0.4, 0.5) is 13.2 Å². The molecule has 1 fully saturated rings. The first-order chi connectivity index (χ1) is 8.86. The molecule has 1 rings (SSSR count). The van der Waals surface area contributed by atoms with Crippen LogP contribution in [0.3, 0.4) is 0 Å². The van der Waals surface area contributed by atoms with Gasteiger partial charge in [0, 0.05) is 0 Å². The highest BCUT2D eigenvalue weighted by atomic mass is 19.4. The Bertz CT molecular complexity index is 294. The van der Waals surface area contributed by atoms with Crippen LogP contribution in [-0.4, -0.2) is 41.3 Å². The summed E-state index contributed by atoms with van der Waals surface area (Å²) in [5.74, 6) is -1.41. The number of likely N-dealkylation sites (tertiary alicyclic amines) is 1. The van der Waals surface area contributed by atoms with Gasteiger partial charge in [0.15, 0.2) is 0 Å². The van der Waals surface area contributed by atoms with Crippen LogP contribution in [0.5, 0.6) is 0 Å². The summed E-state index contributed by atoms with van der Waals surface area (Å²) in [6.45, 7) is 2.62. The molecule has 0 bridgehead atoms. The van der Waals surface area contributed by atoms with E-state index in [9.17, 15) is 18.0 Å². The highest BCUT2D eigenvalue weighted by molar-refractivity contribution is 5.69. The Balaban J connectivity index is 2.47. The topological polar surface area (TPSA) is 40.5 Å². The molecular formula is C13H22F3NO2. The van der Waals surface area contributed by atoms with Gasteiger partial charge in [0.05, 0.1) is 5.92 Å². The predicted molar refractivity (Wildman–Crippen MR) is 65.9 cm³/mol. The van der Waals surface area contributed by atoms with Crippen LogP contribution in [0.2, 0.25) is 0 Å². The number of alkyl halides is 3. The number of halogens is 3. The van der Waals surface area contributed by atoms with E-state index in [1.54, 1.807) is 0 Å². The monoisotopic (exact) mass is 281 g/mol. The summed E-state index contributed by atoms with van der Waals surface area (Å²) in [5, 5.41) is 9.06. The Morgan fingerprint density at radius 3 is 2.63 bits per heavy atom. The van der Waals surface area contributed by atoms with Crippen LogP contribution < -0.4 is 0 Å². The first-order valence-corrected chi connectivity index (χ1v) is 6.89. The molecule has 1 aliphatic heterocycles. The minimum absolute atomic E-state index is 0.135. The molecule has 1 N–H and O–H groups in total. The number of carbonyl (C=O) groups is 1. The average Bonchev–Trinajstić information content (AvgIpc) is 2.76. The van der Waals surface area contributed by atoms with Crippen molar-refractivity contribution in [2.24, 2.45) is 5.92 Å². The maximum atomic E-state index is 12.7. The molecule has 1 heterocycles. The fourth-order valence-corrected chi connectivity index (χ4v) is 2.63. The van der Waals surface area contributed by atoms with Crippen molar-refractivity contribution in [3.05, 3.63) is 0 Å². The molecule has 1 saturated heterocycles. The largest absolute Gasteiger partial charge is 0.481 e. The van der Waals surface area contributed by atoms with Crippen molar-refractivity contribution < 1.29 is 23.1 Å². The number of rotatable bonds is 7. The van der Waals surface area contributed by atoms with Gasteiger partial charge in [0.1, 0.15) is 6.04 Å². The molecule has 0 aromatic carbocycles. The van der Waals surface area contributed by atoms with Gasteiger partial charge in [-0.25, -0.2) is 0 Å². The maximum Gasteiger partial charge on any atom is 0.404 e. The molecule has 3 nitrogen and oxygen atoms in total. The number of hydrogen-bond acceptors (Lipinski definition) is 2. The minimum Gasteiger partial charge on any atom is -0.481 e. The zero-order chi connectivity index (χ0) is 14.5. The van der Waals surface area contributed by atoms with Gasteiger partial charge in [-0.3, -0.25) is 9.69 Å². The van der Waals surface area contributed by atoms with Gasteiger partial charge in [-0.05, 0) is 38.8 Å². The van der Waals surface area contributed by atoms with Gasteiger partial charge in [-0.2, -0.15) is 13.2 Å². The number of carboxylic acid groups (broad SMARTS) is 1. The lowest BCUT2D eigenvalue weighted by atomic mass is 9.98. The molecular weight excluding hydrogens is 259 g/mol. The number of aliphatic carboxylic acids is 1. The van der Waals surface area contributed by atoms with Gasteiger partial charge in [0.2, 0.25) is 0 Å². The molecule has 0 spiro atoms. The number of unbranched alkanes of at least 4 members (excludes halogenated alkanes) is 1. The van der Waals surface area contributed by atoms with Crippen molar-refractivity contribution in [2.75, 3.05) is 13.1 Å². The van der Waals surface area contributed by atoms with Crippen molar-refractivity contribution in [1.82, 2.24) is 4.90 Å². The predicted octanol–water partition coefficient (Wildman–Crippen LogP) is 3.29. The Morgan fingerprint density at radius 2 is 2.11 bits per heavy atom. The molecule has 0 saturated carbocycles. The van der Waals surface area contributed by atoms with E-state index >= 15 is 0 Å². The Labute approximate surface area is 111 Å². The van der Waals surface area contributed by atoms with Crippen molar-refractivity contribution in [2.45, 2.75) is 57.7 Å². The van der Waals surface area contributed by atoms with Crippen LogP contribution >= 0.6 is 0 Å². The summed E-state index contributed by atoms with van der Waals surface area (Å²) in [5.41, 5.74) is 0. The van der Waals surface area contributed by atoms with Crippen LogP contribution in [0.15, 0.2) is 0 Å². The summed E-state index contributed by atoms with van der Waals surface area (Å²) >= 11 is 0. The molecule has 0 aromatic rings. The van der Waals surface area contributed by atoms with Crippen LogP contribution in [0.1, 0.15) is 45.4 Å². The van der Waals surface area contributed by atoms with E-state index in [2.05, 4.69) is 0 Å². The van der Waals surface area contributed by atoms with Crippen molar-refractivity contribution in [1.29, 1.82) is 0 Å². The van der Waals surface area contributed by atoms with E-state index in [0.717, 1.165) is 12.8 Å². The van der Waals surface area contributed by atoms with E-state index in [0.29, 0.717) is 25.8 Å². The molecule has 2 atom stereocenters. The smallest absolute Gasteiger partial charge is 0.404 e. The van der Waals surface area contributed by atoms with Crippen LogP contribution in [0, 0.1) is 5.92 Å². The lowest BCUT2D eigenvalue weighted by molar-refractivity contribution is -0.176. The number of carboxylic acids is 1. The molecule has 0 aliphatic carbocycles. The quantitative estimate of drug-likeness (QED) is 0.778. The van der Waals surface area contributed by atoms with Crippen molar-refractivity contribution in [3.8, 4) is 0 Å². The van der Waals surface area contributed by atoms with E-state index in [4.69, 9.17) is 5.11 Å². The lowest BCUT2D eigenvalue weighted by Crippen LogP contribution is -2.42. The highest BCUT2D eigenvalue weighted by Crippen LogP contribution is 2.33. The Kier molecular flexibility index (Phi) is 6.10. The summed E-state index contributed by atoms with van der Waals surface area (Å²) in [6, 6.07) is -1.38. The molecule has 1 aliphatic rings. The van der Waals surface area contributed by atoms with E-state index < -0.39 is 24.1 Å². The third-order valence-electron chi connectivity index (χ3n) is 3.76. The first kappa shape index (κ1) is 16.3. The summed E-state index contributed by atoms with van der Waals surface area (Å²) in [6.07, 6.45) is -0.956. The number of hydrogen-bond donors (Lipinski definition) is 1. The second kappa shape index (κ2) is 7.12. The molecule has 6 heteroatoms. The van der Waals surface area contributed by atoms with Crippen LogP contribution in [-0.2, 0) is 4.79 Å². The molecule has 112 valence electrons. The van der Waals surface area contributed by atoms with Gasteiger partial charge in [0.25, 0.3) is 0 Å². The van der Waals surface area contributed by atoms with Crippen molar-refractivity contribution in [3.63, 3.8) is 0 Å². The zero-order valence-electron chi connectivity index (χ0n) is 11.2. The second-order valence-electron chi connectivity index (χ2n) is 5.20. The summed E-state index contributed by atoms with van der Waals surface area (Å²) < 4.78 is 38.2. The van der Waals surface area contributed by atoms with Gasteiger partial charge in [-0.1, -0.05) is 19.8 Å². The van der Waals surface area contributed by atoms with E-state index in [-0.39, 0.29) is 13.0 Å². The van der Waals surface area contributed by atoms with E-state index in [1.807, 2.05) is 6.92 Å². The normalized spacial score (nSPS) is 22.6. The molecule has 0 aromatic heterocycles. The molecule has 0 amide bonds. The maximum absolute atomic E-state index is 12.7. The van der Waals surface area contributed by atoms with Gasteiger partial charge in [-0.15, -0.1) is 0 Å². The zero-order valence-corrected chi connectivity index (χ0v) is 11.2. The standard InChI is InChI=1S/C13H22F3NO2/c1-2-3-5-10(12(18)19)7-9-17-8-4-6-11(17)13(14,15)16/h10-11H,2-9H2,1H3,(H,18,19)/t10?,11-/m1/s1. The molecule has 19 heavy (non-hydrogen) atoms. The van der Waals surface area contributed by atoms with Gasteiger partial charge < -0.3 is 5.11 Å². The second-order valence-corrected chi connectivity index (χ2v) is 5.20. The number of nitrogens with zero attached hydrogens (tertiary/aromatic N) is 1. The summed E-state index contributed by atoms with van der Waals surface area (Å²) in [7, 11) is 0. The van der Waals surface area contributed by atoms with Crippen molar-refractivity contribution >= 4 is 5.97 Å². The third kappa shape index (κ3) is 5.01. The highest BCUT2D eigenvalue weighted by Gasteiger charge is 2.45. The lowest BCUT2D eigenvalue weighted by Gasteiger charge is -2.27. The summed E-state index contributed by atoms with van der Waals surface area (Å²) in [4.78, 5) is 12.4. The first-order valence-electron chi connectivity index (χ1n) is 6.89.